The highest BCUT2D eigenvalue weighted by Crippen LogP contribution is 2.24. The molecule has 24 heavy (non-hydrogen) atoms. The van der Waals surface area contributed by atoms with Gasteiger partial charge in [-0.1, -0.05) is 32.4 Å². The van der Waals surface area contributed by atoms with E-state index in [0.717, 1.165) is 6.07 Å². The SMILES string of the molecule is CC(C)(C)C(=O)NC1CCN(S(=O)(=O)c2ccc(Cl)c(F)c2)CC1. The maximum absolute atomic E-state index is 13.5. The van der Waals surface area contributed by atoms with Crippen LogP contribution in [0, 0.1) is 11.2 Å². The first-order valence-electron chi connectivity index (χ1n) is 7.78. The fourth-order valence-corrected chi connectivity index (χ4v) is 4.03. The molecule has 0 spiro atoms. The number of benzene rings is 1. The first-order valence-corrected chi connectivity index (χ1v) is 9.60. The van der Waals surface area contributed by atoms with Crippen molar-refractivity contribution in [3.8, 4) is 0 Å². The summed E-state index contributed by atoms with van der Waals surface area (Å²) >= 11 is 5.60. The molecule has 1 aliphatic rings. The van der Waals surface area contributed by atoms with Gasteiger partial charge in [0.15, 0.2) is 0 Å². The number of rotatable bonds is 3. The van der Waals surface area contributed by atoms with Gasteiger partial charge in [0.05, 0.1) is 9.92 Å². The molecule has 0 atom stereocenters. The highest BCUT2D eigenvalue weighted by atomic mass is 35.5. The van der Waals surface area contributed by atoms with E-state index in [9.17, 15) is 17.6 Å². The lowest BCUT2D eigenvalue weighted by molar-refractivity contribution is -0.129. The molecule has 0 radical (unpaired) electrons. The number of nitrogens with zero attached hydrogens (tertiary/aromatic N) is 1. The molecule has 1 saturated heterocycles. The van der Waals surface area contributed by atoms with E-state index in [2.05, 4.69) is 5.32 Å². The summed E-state index contributed by atoms with van der Waals surface area (Å²) in [5.74, 6) is -0.811. The first-order chi connectivity index (χ1) is 11.0. The smallest absolute Gasteiger partial charge is 0.243 e. The van der Waals surface area contributed by atoms with Crippen LogP contribution in [0.4, 0.5) is 4.39 Å². The van der Waals surface area contributed by atoms with Crippen LogP contribution in [0.3, 0.4) is 0 Å². The Labute approximate surface area is 147 Å². The molecule has 1 heterocycles. The number of halogens is 2. The van der Waals surface area contributed by atoms with Gasteiger partial charge < -0.3 is 5.32 Å². The third kappa shape index (κ3) is 4.26. The molecule has 2 rings (SSSR count). The van der Waals surface area contributed by atoms with E-state index in [1.165, 1.54) is 16.4 Å². The summed E-state index contributed by atoms with van der Waals surface area (Å²) in [4.78, 5) is 11.9. The van der Waals surface area contributed by atoms with E-state index in [1.54, 1.807) is 0 Å². The van der Waals surface area contributed by atoms with E-state index in [0.29, 0.717) is 12.8 Å². The van der Waals surface area contributed by atoms with Crippen LogP contribution in [0.2, 0.25) is 5.02 Å². The summed E-state index contributed by atoms with van der Waals surface area (Å²) < 4.78 is 40.0. The topological polar surface area (TPSA) is 66.5 Å². The number of amides is 1. The van der Waals surface area contributed by atoms with Gasteiger partial charge in [-0.05, 0) is 31.0 Å². The number of sulfonamides is 1. The first kappa shape index (κ1) is 19.1. The summed E-state index contributed by atoms with van der Waals surface area (Å²) in [5.41, 5.74) is -0.482. The Bertz CT molecular complexity index is 723. The molecule has 134 valence electrons. The van der Waals surface area contributed by atoms with Crippen molar-refractivity contribution in [3.63, 3.8) is 0 Å². The zero-order valence-electron chi connectivity index (χ0n) is 14.0. The van der Waals surface area contributed by atoms with Crippen LogP contribution >= 0.6 is 11.6 Å². The highest BCUT2D eigenvalue weighted by Gasteiger charge is 2.32. The molecule has 0 bridgehead atoms. The van der Waals surface area contributed by atoms with Crippen molar-refractivity contribution in [1.82, 2.24) is 9.62 Å². The van der Waals surface area contributed by atoms with Gasteiger partial charge in [0.2, 0.25) is 15.9 Å². The summed E-state index contributed by atoms with van der Waals surface area (Å²) in [6.45, 7) is 6.05. The largest absolute Gasteiger partial charge is 0.353 e. The second kappa shape index (κ2) is 6.98. The second-order valence-electron chi connectivity index (χ2n) is 6.98. The maximum atomic E-state index is 13.5. The summed E-state index contributed by atoms with van der Waals surface area (Å²) in [7, 11) is -3.76. The monoisotopic (exact) mass is 376 g/mol. The van der Waals surface area contributed by atoms with Crippen LogP contribution in [0.1, 0.15) is 33.6 Å². The number of nitrogens with one attached hydrogen (secondary N) is 1. The Hall–Kier alpha value is -1.18. The van der Waals surface area contributed by atoms with Crippen LogP contribution < -0.4 is 5.32 Å². The molecule has 1 aliphatic heterocycles. The Balaban J connectivity index is 2.03. The fourth-order valence-electron chi connectivity index (χ4n) is 2.43. The second-order valence-corrected chi connectivity index (χ2v) is 9.32. The molecule has 1 fully saturated rings. The lowest BCUT2D eigenvalue weighted by atomic mass is 9.94. The van der Waals surface area contributed by atoms with E-state index in [1.807, 2.05) is 20.8 Å². The van der Waals surface area contributed by atoms with Crippen molar-refractivity contribution < 1.29 is 17.6 Å². The number of carbonyl (C=O) groups is 1. The average molecular weight is 377 g/mol. The predicted molar refractivity (Wildman–Crippen MR) is 90.8 cm³/mol. The Morgan fingerprint density at radius 3 is 2.38 bits per heavy atom. The molecule has 0 aromatic heterocycles. The van der Waals surface area contributed by atoms with E-state index in [4.69, 9.17) is 11.6 Å². The highest BCUT2D eigenvalue weighted by molar-refractivity contribution is 7.89. The van der Waals surface area contributed by atoms with Gasteiger partial charge in [-0.25, -0.2) is 12.8 Å². The minimum atomic E-state index is -3.76. The number of carbonyl (C=O) groups excluding carboxylic acids is 1. The molecule has 0 saturated carbocycles. The molecular weight excluding hydrogens is 355 g/mol. The van der Waals surface area contributed by atoms with Crippen LogP contribution in [-0.4, -0.2) is 37.8 Å². The van der Waals surface area contributed by atoms with Crippen LogP contribution in [0.25, 0.3) is 0 Å². The third-order valence-electron chi connectivity index (χ3n) is 4.00. The zero-order valence-corrected chi connectivity index (χ0v) is 15.5. The van der Waals surface area contributed by atoms with Crippen molar-refractivity contribution in [1.29, 1.82) is 0 Å². The zero-order chi connectivity index (χ0) is 18.1. The van der Waals surface area contributed by atoms with Crippen molar-refractivity contribution in [3.05, 3.63) is 29.0 Å². The van der Waals surface area contributed by atoms with Crippen molar-refractivity contribution in [2.75, 3.05) is 13.1 Å². The quantitative estimate of drug-likeness (QED) is 0.882. The van der Waals surface area contributed by atoms with Crippen molar-refractivity contribution >= 4 is 27.5 Å². The lowest BCUT2D eigenvalue weighted by Crippen LogP contribution is -2.48. The fraction of sp³-hybridized carbons (Fsp3) is 0.562. The van der Waals surface area contributed by atoms with E-state index >= 15 is 0 Å². The summed E-state index contributed by atoms with van der Waals surface area (Å²) in [5, 5.41) is 2.84. The number of hydrogen-bond donors (Lipinski definition) is 1. The molecule has 1 aromatic rings. The molecular formula is C16H22ClFN2O3S. The minimum absolute atomic E-state index is 0.0508. The van der Waals surface area contributed by atoms with Crippen LogP contribution in [-0.2, 0) is 14.8 Å². The number of piperidine rings is 1. The minimum Gasteiger partial charge on any atom is -0.353 e. The molecule has 0 aliphatic carbocycles. The van der Waals surface area contributed by atoms with Crippen molar-refractivity contribution in [2.45, 2.75) is 44.6 Å². The standard InChI is InChI=1S/C16H22ClFN2O3S/c1-16(2,3)15(21)19-11-6-8-20(9-7-11)24(22,23)12-4-5-13(17)14(18)10-12/h4-5,10-11H,6-9H2,1-3H3,(H,19,21). The molecule has 1 amide bonds. The Kier molecular flexibility index (Phi) is 5.57. The van der Waals surface area contributed by atoms with E-state index in [-0.39, 0.29) is 35.0 Å². The maximum Gasteiger partial charge on any atom is 0.243 e. The van der Waals surface area contributed by atoms with Gasteiger partial charge in [0.1, 0.15) is 5.82 Å². The lowest BCUT2D eigenvalue weighted by Gasteiger charge is -2.33. The molecule has 1 N–H and O–H groups in total. The van der Waals surface area contributed by atoms with Crippen molar-refractivity contribution in [2.24, 2.45) is 5.41 Å². The van der Waals surface area contributed by atoms with Gasteiger partial charge >= 0.3 is 0 Å². The Morgan fingerprint density at radius 1 is 1.29 bits per heavy atom. The van der Waals surface area contributed by atoms with Gasteiger partial charge in [0, 0.05) is 24.5 Å². The average Bonchev–Trinajstić information content (AvgIpc) is 2.49. The summed E-state index contributed by atoms with van der Waals surface area (Å²) in [6.07, 6.45) is 1.05. The predicted octanol–water partition coefficient (Wildman–Crippen LogP) is 2.79. The van der Waals surface area contributed by atoms with Crippen LogP contribution in [0.5, 0.6) is 0 Å². The van der Waals surface area contributed by atoms with Gasteiger partial charge in [-0.3, -0.25) is 4.79 Å². The Morgan fingerprint density at radius 2 is 1.88 bits per heavy atom. The summed E-state index contributed by atoms with van der Waals surface area (Å²) in [6, 6.07) is 3.42. The molecule has 0 unspecified atom stereocenters. The normalized spacial score (nSPS) is 17.7. The van der Waals surface area contributed by atoms with Gasteiger partial charge in [-0.2, -0.15) is 4.31 Å². The number of hydrogen-bond acceptors (Lipinski definition) is 3. The molecule has 5 nitrogen and oxygen atoms in total. The molecule has 8 heteroatoms. The van der Waals surface area contributed by atoms with Gasteiger partial charge in [0.25, 0.3) is 0 Å². The van der Waals surface area contributed by atoms with Gasteiger partial charge in [-0.15, -0.1) is 0 Å². The third-order valence-corrected chi connectivity index (χ3v) is 6.20. The van der Waals surface area contributed by atoms with Crippen LogP contribution in [0.15, 0.2) is 23.1 Å². The molecule has 1 aromatic carbocycles. The van der Waals surface area contributed by atoms with E-state index < -0.39 is 21.3 Å².